The molecule has 0 saturated heterocycles. The maximum Gasteiger partial charge on any atom is 0.213 e. The maximum atomic E-state index is 10.8. The minimum Gasteiger partial charge on any atom is -0.228 e. The summed E-state index contributed by atoms with van der Waals surface area (Å²) in [4.78, 5) is 0. The third-order valence-electron chi connectivity index (χ3n) is 1.60. The highest BCUT2D eigenvalue weighted by atomic mass is 79.9. The molecular weight excluding hydrogens is 254 g/mol. The van der Waals surface area contributed by atoms with Crippen LogP contribution in [0.5, 0.6) is 0 Å². The second-order valence-electron chi connectivity index (χ2n) is 2.89. The van der Waals surface area contributed by atoms with E-state index in [-0.39, 0.29) is 5.75 Å². The number of sulfonamides is 1. The van der Waals surface area contributed by atoms with Crippen molar-refractivity contribution in [3.8, 4) is 0 Å². The molecule has 3 nitrogen and oxygen atoms in total. The molecule has 0 amide bonds. The second-order valence-corrected chi connectivity index (χ2v) is 5.36. The molecule has 1 rings (SSSR count). The van der Waals surface area contributed by atoms with Crippen molar-refractivity contribution >= 4 is 26.0 Å². The smallest absolute Gasteiger partial charge is 0.213 e. The standard InChI is InChI=1S/C8H10BrNO2S/c1-6-2-3-7(4-8(6)9)5-13(10,11)12/h2-4H,5H2,1H3,(H2,10,11,12). The number of hydrogen-bond acceptors (Lipinski definition) is 2. The maximum absolute atomic E-state index is 10.8. The Kier molecular flexibility index (Phi) is 3.10. The number of aryl methyl sites for hydroxylation is 1. The molecule has 0 atom stereocenters. The Morgan fingerprint density at radius 3 is 2.54 bits per heavy atom. The first kappa shape index (κ1) is 10.7. The normalized spacial score (nSPS) is 11.6. The highest BCUT2D eigenvalue weighted by Gasteiger charge is 2.05. The summed E-state index contributed by atoms with van der Waals surface area (Å²) in [6, 6.07) is 5.37. The third-order valence-corrected chi connectivity index (χ3v) is 3.19. The first-order chi connectivity index (χ1) is 5.88. The molecule has 0 heterocycles. The van der Waals surface area contributed by atoms with E-state index in [2.05, 4.69) is 15.9 Å². The van der Waals surface area contributed by atoms with Crippen molar-refractivity contribution in [3.63, 3.8) is 0 Å². The van der Waals surface area contributed by atoms with E-state index in [0.29, 0.717) is 5.56 Å². The van der Waals surface area contributed by atoms with Crippen LogP contribution >= 0.6 is 15.9 Å². The molecule has 0 aromatic heterocycles. The van der Waals surface area contributed by atoms with Gasteiger partial charge in [0.05, 0.1) is 5.75 Å². The number of primary sulfonamides is 1. The number of rotatable bonds is 2. The Morgan fingerprint density at radius 1 is 1.46 bits per heavy atom. The van der Waals surface area contributed by atoms with E-state index in [1.54, 1.807) is 12.1 Å². The van der Waals surface area contributed by atoms with Crippen LogP contribution in [0.2, 0.25) is 0 Å². The van der Waals surface area contributed by atoms with E-state index in [1.165, 1.54) is 0 Å². The van der Waals surface area contributed by atoms with Crippen molar-refractivity contribution in [3.05, 3.63) is 33.8 Å². The summed E-state index contributed by atoms with van der Waals surface area (Å²) in [5, 5.41) is 4.91. The molecule has 0 saturated carbocycles. The van der Waals surface area contributed by atoms with Crippen molar-refractivity contribution in [1.82, 2.24) is 0 Å². The Bertz CT molecular complexity index is 414. The first-order valence-corrected chi connectivity index (χ1v) is 6.15. The SMILES string of the molecule is Cc1ccc(CS(N)(=O)=O)cc1Br. The van der Waals surface area contributed by atoms with Gasteiger partial charge in [-0.05, 0) is 24.1 Å². The van der Waals surface area contributed by atoms with E-state index < -0.39 is 10.0 Å². The Morgan fingerprint density at radius 2 is 2.08 bits per heavy atom. The van der Waals surface area contributed by atoms with Crippen LogP contribution in [0.15, 0.2) is 22.7 Å². The van der Waals surface area contributed by atoms with Crippen molar-refractivity contribution in [2.75, 3.05) is 0 Å². The highest BCUT2D eigenvalue weighted by molar-refractivity contribution is 9.10. The van der Waals surface area contributed by atoms with Crippen LogP contribution in [0.3, 0.4) is 0 Å². The minimum absolute atomic E-state index is 0.119. The first-order valence-electron chi connectivity index (χ1n) is 3.64. The van der Waals surface area contributed by atoms with Crippen LogP contribution < -0.4 is 5.14 Å². The van der Waals surface area contributed by atoms with E-state index in [9.17, 15) is 8.42 Å². The van der Waals surface area contributed by atoms with Crippen LogP contribution in [0.1, 0.15) is 11.1 Å². The highest BCUT2D eigenvalue weighted by Crippen LogP contribution is 2.18. The summed E-state index contributed by atoms with van der Waals surface area (Å²) in [5.41, 5.74) is 1.76. The molecule has 0 aliphatic rings. The van der Waals surface area contributed by atoms with Crippen molar-refractivity contribution in [1.29, 1.82) is 0 Å². The third kappa shape index (κ3) is 3.46. The van der Waals surface area contributed by atoms with Crippen LogP contribution in [-0.2, 0) is 15.8 Å². The largest absolute Gasteiger partial charge is 0.228 e. The van der Waals surface area contributed by atoms with E-state index >= 15 is 0 Å². The van der Waals surface area contributed by atoms with E-state index in [1.807, 2.05) is 13.0 Å². The quantitative estimate of drug-likeness (QED) is 0.880. The molecule has 0 bridgehead atoms. The fourth-order valence-electron chi connectivity index (χ4n) is 0.958. The topological polar surface area (TPSA) is 60.2 Å². The average Bonchev–Trinajstić information content (AvgIpc) is 1.94. The van der Waals surface area contributed by atoms with Crippen molar-refractivity contribution < 1.29 is 8.42 Å². The summed E-state index contributed by atoms with van der Waals surface area (Å²) in [5.74, 6) is -0.119. The van der Waals surface area contributed by atoms with Gasteiger partial charge in [-0.3, -0.25) is 0 Å². The fourth-order valence-corrected chi connectivity index (χ4v) is 2.03. The van der Waals surface area contributed by atoms with Crippen LogP contribution in [0.25, 0.3) is 0 Å². The number of halogens is 1. The molecule has 2 N–H and O–H groups in total. The predicted octanol–water partition coefficient (Wildman–Crippen LogP) is 1.55. The van der Waals surface area contributed by atoms with E-state index in [0.717, 1.165) is 10.0 Å². The van der Waals surface area contributed by atoms with Gasteiger partial charge in [0.15, 0.2) is 0 Å². The molecule has 1 aromatic carbocycles. The molecule has 0 fully saturated rings. The van der Waals surface area contributed by atoms with E-state index in [4.69, 9.17) is 5.14 Å². The van der Waals surface area contributed by atoms with Gasteiger partial charge in [0, 0.05) is 4.47 Å². The summed E-state index contributed by atoms with van der Waals surface area (Å²) >= 11 is 3.32. The Hall–Kier alpha value is -0.390. The Labute approximate surface area is 86.1 Å². The van der Waals surface area contributed by atoms with Gasteiger partial charge in [0.1, 0.15) is 0 Å². The lowest BCUT2D eigenvalue weighted by molar-refractivity contribution is 0.597. The van der Waals surface area contributed by atoms with Crippen molar-refractivity contribution in [2.45, 2.75) is 12.7 Å². The zero-order valence-electron chi connectivity index (χ0n) is 7.12. The number of hydrogen-bond donors (Lipinski definition) is 1. The second kappa shape index (κ2) is 3.77. The molecule has 0 unspecified atom stereocenters. The number of benzene rings is 1. The zero-order valence-corrected chi connectivity index (χ0v) is 9.52. The van der Waals surface area contributed by atoms with Crippen LogP contribution in [0.4, 0.5) is 0 Å². The lowest BCUT2D eigenvalue weighted by Crippen LogP contribution is -2.14. The lowest BCUT2D eigenvalue weighted by Gasteiger charge is -2.02. The monoisotopic (exact) mass is 263 g/mol. The van der Waals surface area contributed by atoms with Gasteiger partial charge < -0.3 is 0 Å². The molecule has 72 valence electrons. The van der Waals surface area contributed by atoms with Gasteiger partial charge >= 0.3 is 0 Å². The zero-order chi connectivity index (χ0) is 10.1. The summed E-state index contributed by atoms with van der Waals surface area (Å²) < 4.78 is 22.4. The summed E-state index contributed by atoms with van der Waals surface area (Å²) in [6.07, 6.45) is 0. The van der Waals surface area contributed by atoms with Crippen molar-refractivity contribution in [2.24, 2.45) is 5.14 Å². The van der Waals surface area contributed by atoms with Gasteiger partial charge in [0.25, 0.3) is 0 Å². The predicted molar refractivity (Wildman–Crippen MR) is 55.7 cm³/mol. The summed E-state index contributed by atoms with van der Waals surface area (Å²) in [7, 11) is -3.43. The number of nitrogens with two attached hydrogens (primary N) is 1. The van der Waals surface area contributed by atoms with Gasteiger partial charge in [-0.15, -0.1) is 0 Å². The Balaban J connectivity index is 2.99. The van der Waals surface area contributed by atoms with Gasteiger partial charge in [-0.25, -0.2) is 13.6 Å². The molecule has 0 aliphatic carbocycles. The molecule has 5 heteroatoms. The van der Waals surface area contributed by atoms with Gasteiger partial charge in [-0.2, -0.15) is 0 Å². The van der Waals surface area contributed by atoms with Gasteiger partial charge in [-0.1, -0.05) is 28.1 Å². The van der Waals surface area contributed by atoms with Gasteiger partial charge in [0.2, 0.25) is 10.0 Å². The van der Waals surface area contributed by atoms with Crippen LogP contribution in [0, 0.1) is 6.92 Å². The molecular formula is C8H10BrNO2S. The summed E-state index contributed by atoms with van der Waals surface area (Å²) in [6.45, 7) is 1.94. The molecule has 1 aromatic rings. The fraction of sp³-hybridized carbons (Fsp3) is 0.250. The molecule has 0 spiro atoms. The minimum atomic E-state index is -3.43. The van der Waals surface area contributed by atoms with Crippen LogP contribution in [-0.4, -0.2) is 8.42 Å². The molecule has 0 radical (unpaired) electrons. The lowest BCUT2D eigenvalue weighted by atomic mass is 10.2. The molecule has 13 heavy (non-hydrogen) atoms. The average molecular weight is 264 g/mol. The molecule has 0 aliphatic heterocycles.